The average molecular weight is 287 g/mol. The van der Waals surface area contributed by atoms with Gasteiger partial charge in [-0.05, 0) is 56.9 Å². The van der Waals surface area contributed by atoms with Gasteiger partial charge in [0, 0.05) is 12.3 Å². The Balaban J connectivity index is 1.99. The van der Waals surface area contributed by atoms with Gasteiger partial charge in [0.1, 0.15) is 9.84 Å². The van der Waals surface area contributed by atoms with Gasteiger partial charge >= 0.3 is 0 Å². The highest BCUT2D eigenvalue weighted by Crippen LogP contribution is 2.39. The van der Waals surface area contributed by atoms with Crippen LogP contribution in [0.15, 0.2) is 0 Å². The third-order valence-corrected chi connectivity index (χ3v) is 6.71. The quantitative estimate of drug-likeness (QED) is 0.817. The SMILES string of the molecule is CCCNC(C1CCC1)C1CCCC(S(C)(=O)=O)C1. The van der Waals surface area contributed by atoms with Crippen LogP contribution in [0.3, 0.4) is 0 Å². The number of hydrogen-bond acceptors (Lipinski definition) is 3. The lowest BCUT2D eigenvalue weighted by Crippen LogP contribution is -2.47. The minimum absolute atomic E-state index is 0.0859. The van der Waals surface area contributed by atoms with Crippen LogP contribution in [0.4, 0.5) is 0 Å². The van der Waals surface area contributed by atoms with Crippen molar-refractivity contribution in [3.05, 3.63) is 0 Å². The van der Waals surface area contributed by atoms with E-state index < -0.39 is 9.84 Å². The zero-order valence-corrected chi connectivity index (χ0v) is 13.2. The summed E-state index contributed by atoms with van der Waals surface area (Å²) >= 11 is 0. The standard InChI is InChI=1S/C15H29NO2S/c1-3-10-16-15(12-6-4-7-12)13-8-5-9-14(11-13)19(2,17)18/h12-16H,3-11H2,1-2H3. The average Bonchev–Trinajstić information content (AvgIpc) is 2.31. The van der Waals surface area contributed by atoms with Gasteiger partial charge in [0.25, 0.3) is 0 Å². The highest BCUT2D eigenvalue weighted by molar-refractivity contribution is 7.91. The normalized spacial score (nSPS) is 30.8. The molecule has 3 nitrogen and oxygen atoms in total. The Morgan fingerprint density at radius 2 is 1.74 bits per heavy atom. The largest absolute Gasteiger partial charge is 0.313 e. The molecule has 19 heavy (non-hydrogen) atoms. The molecule has 0 aromatic rings. The topological polar surface area (TPSA) is 46.2 Å². The van der Waals surface area contributed by atoms with Crippen LogP contribution in [0, 0.1) is 11.8 Å². The lowest BCUT2D eigenvalue weighted by molar-refractivity contribution is 0.147. The molecule has 0 aliphatic heterocycles. The fraction of sp³-hybridized carbons (Fsp3) is 1.00. The van der Waals surface area contributed by atoms with E-state index in [1.54, 1.807) is 0 Å². The molecule has 112 valence electrons. The van der Waals surface area contributed by atoms with Crippen molar-refractivity contribution >= 4 is 9.84 Å². The van der Waals surface area contributed by atoms with Gasteiger partial charge in [0.05, 0.1) is 5.25 Å². The third-order valence-electron chi connectivity index (χ3n) is 5.07. The van der Waals surface area contributed by atoms with Crippen LogP contribution in [0.1, 0.15) is 58.3 Å². The molecule has 0 heterocycles. The molecule has 0 radical (unpaired) electrons. The summed E-state index contributed by atoms with van der Waals surface area (Å²) in [6.07, 6.45) is 10.7. The molecule has 0 bridgehead atoms. The van der Waals surface area contributed by atoms with E-state index in [0.29, 0.717) is 12.0 Å². The first-order valence-electron chi connectivity index (χ1n) is 7.94. The van der Waals surface area contributed by atoms with E-state index in [1.165, 1.54) is 31.9 Å². The first-order valence-corrected chi connectivity index (χ1v) is 9.90. The van der Waals surface area contributed by atoms with Crippen molar-refractivity contribution in [1.29, 1.82) is 0 Å². The Labute approximate surface area is 118 Å². The lowest BCUT2D eigenvalue weighted by atomic mass is 9.71. The molecule has 0 spiro atoms. The van der Waals surface area contributed by atoms with E-state index in [0.717, 1.165) is 38.1 Å². The maximum Gasteiger partial charge on any atom is 0.150 e. The molecule has 2 fully saturated rings. The predicted molar refractivity (Wildman–Crippen MR) is 80.0 cm³/mol. The summed E-state index contributed by atoms with van der Waals surface area (Å²) in [4.78, 5) is 0. The summed E-state index contributed by atoms with van der Waals surface area (Å²) in [5, 5.41) is 3.63. The number of rotatable bonds is 6. The van der Waals surface area contributed by atoms with Gasteiger partial charge in [-0.3, -0.25) is 0 Å². The fourth-order valence-corrected chi connectivity index (χ4v) is 4.92. The summed E-state index contributed by atoms with van der Waals surface area (Å²) in [6.45, 7) is 3.27. The van der Waals surface area contributed by atoms with Crippen molar-refractivity contribution in [2.75, 3.05) is 12.8 Å². The molecule has 4 heteroatoms. The lowest BCUT2D eigenvalue weighted by Gasteiger charge is -2.42. The molecule has 3 atom stereocenters. The summed E-state index contributed by atoms with van der Waals surface area (Å²) in [6, 6.07) is 0.568. The van der Waals surface area contributed by atoms with E-state index in [4.69, 9.17) is 0 Å². The van der Waals surface area contributed by atoms with Crippen LogP contribution in [0.5, 0.6) is 0 Å². The van der Waals surface area contributed by atoms with Crippen LogP contribution in [0.2, 0.25) is 0 Å². The van der Waals surface area contributed by atoms with E-state index in [9.17, 15) is 8.42 Å². The van der Waals surface area contributed by atoms with Crippen LogP contribution in [0.25, 0.3) is 0 Å². The maximum atomic E-state index is 11.8. The van der Waals surface area contributed by atoms with E-state index >= 15 is 0 Å². The van der Waals surface area contributed by atoms with Gasteiger partial charge in [-0.25, -0.2) is 8.42 Å². The zero-order chi connectivity index (χ0) is 13.9. The maximum absolute atomic E-state index is 11.8. The van der Waals surface area contributed by atoms with E-state index in [-0.39, 0.29) is 5.25 Å². The molecule has 0 saturated heterocycles. The minimum atomic E-state index is -2.86. The second-order valence-electron chi connectivity index (χ2n) is 6.55. The Hall–Kier alpha value is -0.0900. The smallest absolute Gasteiger partial charge is 0.150 e. The van der Waals surface area contributed by atoms with E-state index in [1.807, 2.05) is 0 Å². The van der Waals surface area contributed by atoms with Gasteiger partial charge in [-0.15, -0.1) is 0 Å². The minimum Gasteiger partial charge on any atom is -0.313 e. The Bertz CT molecular complexity index is 376. The van der Waals surface area contributed by atoms with Gasteiger partial charge in [-0.1, -0.05) is 19.8 Å². The summed E-state index contributed by atoms with van der Waals surface area (Å²) in [5.41, 5.74) is 0. The molecule has 2 aliphatic carbocycles. The van der Waals surface area contributed by atoms with Gasteiger partial charge in [0.15, 0.2) is 0 Å². The van der Waals surface area contributed by atoms with Crippen molar-refractivity contribution in [2.24, 2.45) is 11.8 Å². The summed E-state index contributed by atoms with van der Waals surface area (Å²) < 4.78 is 23.6. The molecule has 0 amide bonds. The van der Waals surface area contributed by atoms with Crippen molar-refractivity contribution in [3.63, 3.8) is 0 Å². The third kappa shape index (κ3) is 3.94. The second-order valence-corrected chi connectivity index (χ2v) is 8.87. The molecular formula is C15H29NO2S. The van der Waals surface area contributed by atoms with Crippen LogP contribution in [-0.4, -0.2) is 32.5 Å². The zero-order valence-electron chi connectivity index (χ0n) is 12.4. The van der Waals surface area contributed by atoms with E-state index in [2.05, 4.69) is 12.2 Å². The van der Waals surface area contributed by atoms with Gasteiger partial charge in [0.2, 0.25) is 0 Å². The first kappa shape index (κ1) is 15.3. The van der Waals surface area contributed by atoms with Crippen LogP contribution in [-0.2, 0) is 9.84 Å². The second kappa shape index (κ2) is 6.57. The molecule has 0 aromatic heterocycles. The van der Waals surface area contributed by atoms with Crippen LogP contribution >= 0.6 is 0 Å². The predicted octanol–water partition coefficient (Wildman–Crippen LogP) is 2.76. The van der Waals surface area contributed by atoms with Crippen molar-refractivity contribution in [2.45, 2.75) is 69.6 Å². The van der Waals surface area contributed by atoms with Crippen molar-refractivity contribution in [1.82, 2.24) is 5.32 Å². The molecule has 2 aliphatic rings. The monoisotopic (exact) mass is 287 g/mol. The number of hydrogen-bond donors (Lipinski definition) is 1. The first-order chi connectivity index (χ1) is 9.02. The number of nitrogens with one attached hydrogen (secondary N) is 1. The molecule has 2 rings (SSSR count). The summed E-state index contributed by atoms with van der Waals surface area (Å²) in [5.74, 6) is 1.38. The van der Waals surface area contributed by atoms with Gasteiger partial charge < -0.3 is 5.32 Å². The highest BCUT2D eigenvalue weighted by atomic mass is 32.2. The molecule has 1 N–H and O–H groups in total. The Morgan fingerprint density at radius 1 is 1.11 bits per heavy atom. The Morgan fingerprint density at radius 3 is 2.26 bits per heavy atom. The van der Waals surface area contributed by atoms with Gasteiger partial charge in [-0.2, -0.15) is 0 Å². The molecule has 3 unspecified atom stereocenters. The van der Waals surface area contributed by atoms with Crippen molar-refractivity contribution in [3.8, 4) is 0 Å². The summed E-state index contributed by atoms with van der Waals surface area (Å²) in [7, 11) is -2.86. The molecule has 0 aromatic carbocycles. The van der Waals surface area contributed by atoms with Crippen LogP contribution < -0.4 is 5.32 Å². The fourth-order valence-electron chi connectivity index (χ4n) is 3.72. The highest BCUT2D eigenvalue weighted by Gasteiger charge is 2.37. The molecule has 2 saturated carbocycles. The van der Waals surface area contributed by atoms with Crippen molar-refractivity contribution < 1.29 is 8.42 Å². The number of sulfone groups is 1. The molecular weight excluding hydrogens is 258 g/mol. The Kier molecular flexibility index (Phi) is 5.29.